The summed E-state index contributed by atoms with van der Waals surface area (Å²) in [6, 6.07) is 7.73. The molecule has 0 radical (unpaired) electrons. The van der Waals surface area contributed by atoms with Gasteiger partial charge in [0.2, 0.25) is 0 Å². The Balaban J connectivity index is 2.00. The van der Waals surface area contributed by atoms with Gasteiger partial charge in [0, 0.05) is 0 Å². The third kappa shape index (κ3) is 1.42. The van der Waals surface area contributed by atoms with Crippen molar-refractivity contribution in [1.29, 1.82) is 5.26 Å². The van der Waals surface area contributed by atoms with Crippen molar-refractivity contribution in [2.45, 2.75) is 6.04 Å². The molecule has 0 spiro atoms. The van der Waals surface area contributed by atoms with Gasteiger partial charge in [0.1, 0.15) is 5.41 Å². The summed E-state index contributed by atoms with van der Waals surface area (Å²) in [5, 5.41) is 9.21. The fourth-order valence-corrected chi connectivity index (χ4v) is 2.10. The molecule has 2 heterocycles. The van der Waals surface area contributed by atoms with Crippen LogP contribution in [0.3, 0.4) is 0 Å². The number of nitrogens with one attached hydrogen (secondary N) is 1. The van der Waals surface area contributed by atoms with Crippen LogP contribution in [0.25, 0.3) is 11.0 Å². The molecule has 1 atom stereocenters. The van der Waals surface area contributed by atoms with Crippen LogP contribution in [-0.2, 0) is 4.74 Å². The predicted molar refractivity (Wildman–Crippen MR) is 61.9 cm³/mol. The number of H-pyrrole nitrogens is 1. The summed E-state index contributed by atoms with van der Waals surface area (Å²) in [5.41, 5.74) is 8.37. The summed E-state index contributed by atoms with van der Waals surface area (Å²) in [6.45, 7) is 0.817. The lowest BCUT2D eigenvalue weighted by Gasteiger charge is -2.39. The first-order valence-electron chi connectivity index (χ1n) is 5.43. The van der Waals surface area contributed by atoms with Crippen LogP contribution in [0.4, 0.5) is 0 Å². The lowest BCUT2D eigenvalue weighted by atomic mass is 9.77. The lowest BCUT2D eigenvalue weighted by molar-refractivity contribution is -0.0910. The Kier molecular flexibility index (Phi) is 2.15. The van der Waals surface area contributed by atoms with E-state index in [4.69, 9.17) is 10.5 Å². The number of benzene rings is 1. The van der Waals surface area contributed by atoms with Crippen molar-refractivity contribution in [1.82, 2.24) is 9.97 Å². The van der Waals surface area contributed by atoms with Crippen molar-refractivity contribution < 1.29 is 4.74 Å². The van der Waals surface area contributed by atoms with Crippen LogP contribution in [0.5, 0.6) is 0 Å². The summed E-state index contributed by atoms with van der Waals surface area (Å²) in [7, 11) is 0. The SMILES string of the molecule is N#CC1(C(N)c2ccc3nc[nH]c3c2)COC1. The van der Waals surface area contributed by atoms with Gasteiger partial charge >= 0.3 is 0 Å². The normalized spacial score (nSPS) is 19.5. The number of aromatic nitrogens is 2. The van der Waals surface area contributed by atoms with E-state index in [0.29, 0.717) is 13.2 Å². The number of nitrogens with two attached hydrogens (primary N) is 1. The van der Waals surface area contributed by atoms with E-state index in [-0.39, 0.29) is 6.04 Å². The summed E-state index contributed by atoms with van der Waals surface area (Å²) in [6.07, 6.45) is 1.65. The predicted octanol–water partition coefficient (Wildman–Crippen LogP) is 1.10. The third-order valence-electron chi connectivity index (χ3n) is 3.34. The van der Waals surface area contributed by atoms with Crippen LogP contribution in [0, 0.1) is 16.7 Å². The molecule has 3 rings (SSSR count). The van der Waals surface area contributed by atoms with Crippen LogP contribution >= 0.6 is 0 Å². The molecule has 0 bridgehead atoms. The van der Waals surface area contributed by atoms with Crippen molar-refractivity contribution in [3.05, 3.63) is 30.1 Å². The molecule has 0 saturated carbocycles. The first-order chi connectivity index (χ1) is 8.25. The maximum atomic E-state index is 9.21. The van der Waals surface area contributed by atoms with Crippen molar-refractivity contribution in [2.75, 3.05) is 13.2 Å². The van der Waals surface area contributed by atoms with Crippen molar-refractivity contribution in [3.8, 4) is 6.07 Å². The zero-order valence-corrected chi connectivity index (χ0v) is 9.18. The van der Waals surface area contributed by atoms with E-state index in [9.17, 15) is 5.26 Å². The van der Waals surface area contributed by atoms with Crippen molar-refractivity contribution in [3.63, 3.8) is 0 Å². The summed E-state index contributed by atoms with van der Waals surface area (Å²) in [4.78, 5) is 7.19. The maximum Gasteiger partial charge on any atom is 0.123 e. The average Bonchev–Trinajstić information content (AvgIpc) is 2.74. The minimum Gasteiger partial charge on any atom is -0.378 e. The quantitative estimate of drug-likeness (QED) is 0.805. The second-order valence-corrected chi connectivity index (χ2v) is 4.42. The Labute approximate surface area is 98.2 Å². The molecule has 0 amide bonds. The molecule has 2 aromatic rings. The van der Waals surface area contributed by atoms with Crippen LogP contribution in [0.1, 0.15) is 11.6 Å². The summed E-state index contributed by atoms with van der Waals surface area (Å²) >= 11 is 0. The van der Waals surface area contributed by atoms with Gasteiger partial charge in [0.05, 0.1) is 42.7 Å². The molecule has 5 nitrogen and oxygen atoms in total. The Morgan fingerprint density at radius 1 is 1.53 bits per heavy atom. The van der Waals surface area contributed by atoms with Crippen LogP contribution in [0.2, 0.25) is 0 Å². The highest BCUT2D eigenvalue weighted by molar-refractivity contribution is 5.75. The number of hydrogen-bond acceptors (Lipinski definition) is 4. The number of fused-ring (bicyclic) bond motifs is 1. The van der Waals surface area contributed by atoms with E-state index in [0.717, 1.165) is 16.6 Å². The number of imidazole rings is 1. The number of nitriles is 1. The zero-order valence-electron chi connectivity index (χ0n) is 9.18. The van der Waals surface area contributed by atoms with E-state index in [1.54, 1.807) is 6.33 Å². The van der Waals surface area contributed by atoms with E-state index in [1.807, 2.05) is 18.2 Å². The van der Waals surface area contributed by atoms with Crippen LogP contribution in [0.15, 0.2) is 24.5 Å². The van der Waals surface area contributed by atoms with E-state index in [1.165, 1.54) is 0 Å². The van der Waals surface area contributed by atoms with Gasteiger partial charge < -0.3 is 15.5 Å². The summed E-state index contributed by atoms with van der Waals surface area (Å²) < 4.78 is 5.12. The molecule has 3 N–H and O–H groups in total. The zero-order chi connectivity index (χ0) is 11.9. The van der Waals surface area contributed by atoms with Crippen LogP contribution in [-0.4, -0.2) is 23.2 Å². The minimum absolute atomic E-state index is 0.325. The molecule has 1 unspecified atom stereocenters. The van der Waals surface area contributed by atoms with Gasteiger partial charge in [-0.1, -0.05) is 6.07 Å². The molecule has 1 aromatic carbocycles. The van der Waals surface area contributed by atoms with Crippen molar-refractivity contribution >= 4 is 11.0 Å². The van der Waals surface area contributed by atoms with Gasteiger partial charge in [-0.2, -0.15) is 5.26 Å². The first-order valence-corrected chi connectivity index (χ1v) is 5.43. The smallest absolute Gasteiger partial charge is 0.123 e. The first kappa shape index (κ1) is 10.3. The standard InChI is InChI=1S/C12H12N4O/c13-4-12(5-17-6-12)11(14)8-1-2-9-10(3-8)16-7-15-9/h1-3,7,11H,5-6,14H2,(H,15,16). The van der Waals surface area contributed by atoms with Gasteiger partial charge in [0.15, 0.2) is 0 Å². The Morgan fingerprint density at radius 2 is 2.35 bits per heavy atom. The molecule has 1 aliphatic rings. The Morgan fingerprint density at radius 3 is 3.00 bits per heavy atom. The fourth-order valence-electron chi connectivity index (χ4n) is 2.10. The molecule has 5 heteroatoms. The van der Waals surface area contributed by atoms with E-state index in [2.05, 4.69) is 16.0 Å². The highest BCUT2D eigenvalue weighted by Gasteiger charge is 2.45. The molecular weight excluding hydrogens is 216 g/mol. The highest BCUT2D eigenvalue weighted by Crippen LogP contribution is 2.38. The molecule has 86 valence electrons. The molecule has 17 heavy (non-hydrogen) atoms. The number of nitrogens with zero attached hydrogens (tertiary/aromatic N) is 2. The molecule has 1 aliphatic heterocycles. The molecule has 1 saturated heterocycles. The second-order valence-electron chi connectivity index (χ2n) is 4.42. The average molecular weight is 228 g/mol. The molecule has 1 fully saturated rings. The maximum absolute atomic E-state index is 9.21. The van der Waals surface area contributed by atoms with Gasteiger partial charge in [-0.15, -0.1) is 0 Å². The topological polar surface area (TPSA) is 87.7 Å². The number of ether oxygens (including phenoxy) is 1. The number of aromatic amines is 1. The molecule has 0 aliphatic carbocycles. The van der Waals surface area contributed by atoms with Gasteiger partial charge in [0.25, 0.3) is 0 Å². The van der Waals surface area contributed by atoms with Gasteiger partial charge in [-0.05, 0) is 17.7 Å². The minimum atomic E-state index is -0.576. The largest absolute Gasteiger partial charge is 0.378 e. The second kappa shape index (κ2) is 3.55. The fraction of sp³-hybridized carbons (Fsp3) is 0.333. The third-order valence-corrected chi connectivity index (χ3v) is 3.34. The van der Waals surface area contributed by atoms with Gasteiger partial charge in [-0.3, -0.25) is 0 Å². The number of rotatable bonds is 2. The van der Waals surface area contributed by atoms with E-state index < -0.39 is 5.41 Å². The number of hydrogen-bond donors (Lipinski definition) is 2. The Bertz CT molecular complexity index is 594. The van der Waals surface area contributed by atoms with Gasteiger partial charge in [-0.25, -0.2) is 4.98 Å². The summed E-state index contributed by atoms with van der Waals surface area (Å²) in [5.74, 6) is 0. The van der Waals surface area contributed by atoms with E-state index >= 15 is 0 Å². The van der Waals surface area contributed by atoms with Crippen LogP contribution < -0.4 is 5.73 Å². The van der Waals surface area contributed by atoms with Crippen molar-refractivity contribution in [2.24, 2.45) is 11.1 Å². The molecular formula is C12H12N4O. The Hall–Kier alpha value is -1.90. The lowest BCUT2D eigenvalue weighted by Crippen LogP contribution is -2.49. The molecule has 1 aromatic heterocycles. The highest BCUT2D eigenvalue weighted by atomic mass is 16.5. The monoisotopic (exact) mass is 228 g/mol.